The van der Waals surface area contributed by atoms with Gasteiger partial charge in [0.2, 0.25) is 5.91 Å². The summed E-state index contributed by atoms with van der Waals surface area (Å²) in [5.74, 6) is 1.56. The zero-order valence-electron chi connectivity index (χ0n) is 15.6. The Labute approximate surface area is 163 Å². The van der Waals surface area contributed by atoms with E-state index in [2.05, 4.69) is 15.3 Å². The minimum Gasteiger partial charge on any atom is -0.496 e. The fraction of sp³-hybridized carbons (Fsp3) is 0.130. The number of aromatic amines is 1. The average Bonchev–Trinajstić information content (AvgIpc) is 3.17. The van der Waals surface area contributed by atoms with Gasteiger partial charge in [-0.2, -0.15) is 0 Å². The zero-order valence-corrected chi connectivity index (χ0v) is 15.6. The minimum atomic E-state index is -0.0346. The molecule has 0 aliphatic carbocycles. The molecule has 0 aliphatic rings. The Hall–Kier alpha value is -3.60. The minimum absolute atomic E-state index is 0.0346. The summed E-state index contributed by atoms with van der Waals surface area (Å²) in [6.07, 6.45) is 1.01. The van der Waals surface area contributed by atoms with Crippen LogP contribution in [-0.2, 0) is 11.2 Å². The van der Waals surface area contributed by atoms with E-state index >= 15 is 0 Å². The summed E-state index contributed by atoms with van der Waals surface area (Å²) in [5.41, 5.74) is 4.62. The van der Waals surface area contributed by atoms with Gasteiger partial charge in [0.1, 0.15) is 11.6 Å². The summed E-state index contributed by atoms with van der Waals surface area (Å²) in [6, 6.07) is 23.4. The number of anilines is 1. The molecule has 0 atom stereocenters. The molecule has 0 saturated carbocycles. The van der Waals surface area contributed by atoms with Crippen LogP contribution in [0.1, 0.15) is 12.0 Å². The molecule has 0 radical (unpaired) electrons. The van der Waals surface area contributed by atoms with E-state index in [-0.39, 0.29) is 5.91 Å². The zero-order chi connectivity index (χ0) is 19.3. The molecule has 4 rings (SSSR count). The molecule has 3 aromatic carbocycles. The van der Waals surface area contributed by atoms with Gasteiger partial charge in [-0.1, -0.05) is 42.5 Å². The van der Waals surface area contributed by atoms with Crippen molar-refractivity contribution < 1.29 is 9.53 Å². The van der Waals surface area contributed by atoms with Crippen LogP contribution in [0.15, 0.2) is 72.8 Å². The topological polar surface area (TPSA) is 67.0 Å². The molecule has 4 aromatic rings. The normalized spacial score (nSPS) is 10.8. The van der Waals surface area contributed by atoms with Gasteiger partial charge in [-0.15, -0.1) is 0 Å². The number of hydrogen-bond donors (Lipinski definition) is 2. The van der Waals surface area contributed by atoms with Gasteiger partial charge in [-0.3, -0.25) is 4.79 Å². The van der Waals surface area contributed by atoms with Gasteiger partial charge in [-0.25, -0.2) is 4.98 Å². The van der Waals surface area contributed by atoms with E-state index in [1.54, 1.807) is 7.11 Å². The van der Waals surface area contributed by atoms with Crippen molar-refractivity contribution in [1.82, 2.24) is 9.97 Å². The third kappa shape index (κ3) is 3.88. The van der Waals surface area contributed by atoms with Crippen LogP contribution >= 0.6 is 0 Å². The van der Waals surface area contributed by atoms with Gasteiger partial charge in [0.05, 0.1) is 18.1 Å². The van der Waals surface area contributed by atoms with E-state index in [4.69, 9.17) is 4.74 Å². The SMILES string of the molecule is COc1ccccc1CCC(=O)Nc1cccc(-c2nc3ccccc3[nH]2)c1. The fourth-order valence-electron chi connectivity index (χ4n) is 3.21. The average molecular weight is 371 g/mol. The van der Waals surface area contributed by atoms with Crippen molar-refractivity contribution in [1.29, 1.82) is 0 Å². The number of nitrogens with zero attached hydrogens (tertiary/aromatic N) is 1. The smallest absolute Gasteiger partial charge is 0.224 e. The second-order valence-electron chi connectivity index (χ2n) is 6.54. The fourth-order valence-corrected chi connectivity index (χ4v) is 3.21. The Bertz CT molecular complexity index is 1080. The van der Waals surface area contributed by atoms with Crippen molar-refractivity contribution in [3.63, 3.8) is 0 Å². The lowest BCUT2D eigenvalue weighted by Gasteiger charge is -2.09. The van der Waals surface area contributed by atoms with Crippen molar-refractivity contribution in [3.8, 4) is 17.1 Å². The number of rotatable bonds is 6. The Morgan fingerprint density at radius 2 is 1.86 bits per heavy atom. The summed E-state index contributed by atoms with van der Waals surface area (Å²) >= 11 is 0. The number of imidazole rings is 1. The highest BCUT2D eigenvalue weighted by atomic mass is 16.5. The molecule has 140 valence electrons. The van der Waals surface area contributed by atoms with Crippen LogP contribution in [0.3, 0.4) is 0 Å². The van der Waals surface area contributed by atoms with E-state index < -0.39 is 0 Å². The predicted molar refractivity (Wildman–Crippen MR) is 111 cm³/mol. The van der Waals surface area contributed by atoms with Gasteiger partial charge in [0.15, 0.2) is 0 Å². The van der Waals surface area contributed by atoms with Crippen LogP contribution < -0.4 is 10.1 Å². The third-order valence-corrected chi connectivity index (χ3v) is 4.62. The standard InChI is InChI=1S/C23H21N3O2/c1-28-21-12-5-2-7-16(21)13-14-22(27)24-18-9-6-8-17(15-18)23-25-19-10-3-4-11-20(19)26-23/h2-12,15H,13-14H2,1H3,(H,24,27)(H,25,26). The Morgan fingerprint density at radius 3 is 2.71 bits per heavy atom. The number of amides is 1. The van der Waals surface area contributed by atoms with Crippen molar-refractivity contribution in [2.75, 3.05) is 12.4 Å². The maximum absolute atomic E-state index is 12.4. The number of ether oxygens (including phenoxy) is 1. The van der Waals surface area contributed by atoms with E-state index in [0.29, 0.717) is 12.8 Å². The number of benzene rings is 3. The molecule has 0 fully saturated rings. The number of carbonyl (C=O) groups is 1. The van der Waals surface area contributed by atoms with Crippen molar-refractivity contribution in [3.05, 3.63) is 78.4 Å². The molecule has 1 amide bonds. The molecular formula is C23H21N3O2. The summed E-state index contributed by atoms with van der Waals surface area (Å²) in [4.78, 5) is 20.3. The molecule has 28 heavy (non-hydrogen) atoms. The van der Waals surface area contributed by atoms with Crippen LogP contribution in [-0.4, -0.2) is 23.0 Å². The lowest BCUT2D eigenvalue weighted by molar-refractivity contribution is -0.116. The number of carbonyl (C=O) groups excluding carboxylic acids is 1. The number of aryl methyl sites for hydroxylation is 1. The van der Waals surface area contributed by atoms with E-state index in [0.717, 1.165) is 39.4 Å². The highest BCUT2D eigenvalue weighted by Gasteiger charge is 2.09. The number of H-pyrrole nitrogens is 1. The van der Waals surface area contributed by atoms with E-state index in [1.165, 1.54) is 0 Å². The summed E-state index contributed by atoms with van der Waals surface area (Å²) in [6.45, 7) is 0. The summed E-state index contributed by atoms with van der Waals surface area (Å²) < 4.78 is 5.34. The number of hydrogen-bond acceptors (Lipinski definition) is 3. The number of fused-ring (bicyclic) bond motifs is 1. The predicted octanol–water partition coefficient (Wildman–Crippen LogP) is 4.81. The number of para-hydroxylation sites is 3. The maximum atomic E-state index is 12.4. The molecule has 0 spiro atoms. The van der Waals surface area contributed by atoms with Crippen molar-refractivity contribution in [2.45, 2.75) is 12.8 Å². The second kappa shape index (κ2) is 7.96. The van der Waals surface area contributed by atoms with Gasteiger partial charge in [0.25, 0.3) is 0 Å². The molecule has 1 heterocycles. The monoisotopic (exact) mass is 371 g/mol. The van der Waals surface area contributed by atoms with Crippen molar-refractivity contribution in [2.24, 2.45) is 0 Å². The first-order valence-corrected chi connectivity index (χ1v) is 9.20. The van der Waals surface area contributed by atoms with Gasteiger partial charge in [-0.05, 0) is 42.3 Å². The molecule has 2 N–H and O–H groups in total. The van der Waals surface area contributed by atoms with Crippen LogP contribution in [0, 0.1) is 0 Å². The first-order chi connectivity index (χ1) is 13.7. The van der Waals surface area contributed by atoms with E-state index in [1.807, 2.05) is 72.8 Å². The number of nitrogens with one attached hydrogen (secondary N) is 2. The highest BCUT2D eigenvalue weighted by molar-refractivity contribution is 5.91. The number of methoxy groups -OCH3 is 1. The largest absolute Gasteiger partial charge is 0.496 e. The summed E-state index contributed by atoms with van der Waals surface area (Å²) in [5, 5.41) is 2.97. The van der Waals surface area contributed by atoms with Crippen LogP contribution in [0.25, 0.3) is 22.4 Å². The Kier molecular flexibility index (Phi) is 5.06. The maximum Gasteiger partial charge on any atom is 0.224 e. The number of aromatic nitrogens is 2. The molecule has 0 aliphatic heterocycles. The first-order valence-electron chi connectivity index (χ1n) is 9.20. The molecule has 1 aromatic heterocycles. The molecule has 0 unspecified atom stereocenters. The van der Waals surface area contributed by atoms with Gasteiger partial charge >= 0.3 is 0 Å². The quantitative estimate of drug-likeness (QED) is 0.511. The van der Waals surface area contributed by atoms with Gasteiger partial charge in [0, 0.05) is 17.7 Å². The highest BCUT2D eigenvalue weighted by Crippen LogP contribution is 2.23. The van der Waals surface area contributed by atoms with Crippen LogP contribution in [0.5, 0.6) is 5.75 Å². The lowest BCUT2D eigenvalue weighted by atomic mass is 10.1. The van der Waals surface area contributed by atoms with Crippen LogP contribution in [0.4, 0.5) is 5.69 Å². The molecular weight excluding hydrogens is 350 g/mol. The third-order valence-electron chi connectivity index (χ3n) is 4.62. The first kappa shape index (κ1) is 17.8. The molecule has 0 bridgehead atoms. The van der Waals surface area contributed by atoms with Gasteiger partial charge < -0.3 is 15.0 Å². The van der Waals surface area contributed by atoms with Crippen LogP contribution in [0.2, 0.25) is 0 Å². The second-order valence-corrected chi connectivity index (χ2v) is 6.54. The van der Waals surface area contributed by atoms with E-state index in [9.17, 15) is 4.79 Å². The molecule has 0 saturated heterocycles. The Balaban J connectivity index is 1.45. The lowest BCUT2D eigenvalue weighted by Crippen LogP contribution is -2.12. The Morgan fingerprint density at radius 1 is 1.04 bits per heavy atom. The molecule has 5 nitrogen and oxygen atoms in total. The summed E-state index contributed by atoms with van der Waals surface area (Å²) in [7, 11) is 1.64. The molecule has 5 heteroatoms. The van der Waals surface area contributed by atoms with Crippen molar-refractivity contribution >= 4 is 22.6 Å².